The fraction of sp³-hybridized carbons (Fsp3) is 0.647. The molecule has 1 aromatic rings. The molecule has 1 fully saturated rings. The molecule has 1 aliphatic rings. The Morgan fingerprint density at radius 3 is 2.16 bits per heavy atom. The van der Waals surface area contributed by atoms with Gasteiger partial charge in [-0.3, -0.25) is 4.90 Å². The maximum absolute atomic E-state index is 6.00. The van der Waals surface area contributed by atoms with Crippen molar-refractivity contribution < 1.29 is 0 Å². The maximum atomic E-state index is 6.00. The van der Waals surface area contributed by atoms with Gasteiger partial charge in [-0.2, -0.15) is 0 Å². The minimum Gasteiger partial charge on any atom is -0.329 e. The van der Waals surface area contributed by atoms with Crippen molar-refractivity contribution in [2.45, 2.75) is 45.1 Å². The average Bonchev–Trinajstić information content (AvgIpc) is 2.35. The van der Waals surface area contributed by atoms with E-state index in [-0.39, 0.29) is 0 Å². The number of hydrogen-bond donors (Lipinski definition) is 1. The zero-order valence-corrected chi connectivity index (χ0v) is 12.6. The lowest BCUT2D eigenvalue weighted by molar-refractivity contribution is 0.165. The smallest absolute Gasteiger partial charge is 0.0467 e. The van der Waals surface area contributed by atoms with E-state index in [0.29, 0.717) is 18.5 Å². The van der Waals surface area contributed by atoms with Crippen molar-refractivity contribution in [2.75, 3.05) is 20.1 Å². The lowest BCUT2D eigenvalue weighted by Crippen LogP contribution is -2.36. The maximum Gasteiger partial charge on any atom is 0.0467 e. The van der Waals surface area contributed by atoms with Crippen LogP contribution in [0.25, 0.3) is 0 Å². The van der Waals surface area contributed by atoms with Gasteiger partial charge in [0, 0.05) is 19.1 Å². The first kappa shape index (κ1) is 14.5. The highest BCUT2D eigenvalue weighted by Crippen LogP contribution is 2.29. The fourth-order valence-electron chi connectivity index (χ4n) is 2.88. The number of hydrogen-bond acceptors (Lipinski definition) is 2. The van der Waals surface area contributed by atoms with E-state index in [2.05, 4.69) is 50.1 Å². The summed E-state index contributed by atoms with van der Waals surface area (Å²) in [5.74, 6) is 1.49. The predicted octanol–water partition coefficient (Wildman–Crippen LogP) is 3.54. The SMILES string of the molecule is CC(C)c1ccc(C(CN)N(C)CC2CCC2)cc1. The zero-order valence-electron chi connectivity index (χ0n) is 12.6. The van der Waals surface area contributed by atoms with E-state index in [0.717, 1.165) is 5.92 Å². The summed E-state index contributed by atoms with van der Waals surface area (Å²) in [4.78, 5) is 2.44. The van der Waals surface area contributed by atoms with Gasteiger partial charge < -0.3 is 5.73 Å². The summed E-state index contributed by atoms with van der Waals surface area (Å²) in [6.07, 6.45) is 4.21. The van der Waals surface area contributed by atoms with Crippen LogP contribution in [0.5, 0.6) is 0 Å². The molecule has 0 aromatic heterocycles. The van der Waals surface area contributed by atoms with E-state index in [1.54, 1.807) is 0 Å². The number of nitrogens with zero attached hydrogens (tertiary/aromatic N) is 1. The Balaban J connectivity index is 2.02. The van der Waals surface area contributed by atoms with Crippen molar-refractivity contribution in [1.82, 2.24) is 4.90 Å². The normalized spacial score (nSPS) is 17.8. The molecule has 1 aliphatic carbocycles. The highest BCUT2D eigenvalue weighted by atomic mass is 15.1. The van der Waals surface area contributed by atoms with Gasteiger partial charge in [-0.1, -0.05) is 44.5 Å². The molecule has 0 aliphatic heterocycles. The van der Waals surface area contributed by atoms with Crippen molar-refractivity contribution in [3.05, 3.63) is 35.4 Å². The molecule has 2 N–H and O–H groups in total. The molecule has 1 unspecified atom stereocenters. The van der Waals surface area contributed by atoms with Crippen molar-refractivity contribution in [3.8, 4) is 0 Å². The van der Waals surface area contributed by atoms with Crippen LogP contribution >= 0.6 is 0 Å². The highest BCUT2D eigenvalue weighted by molar-refractivity contribution is 5.27. The van der Waals surface area contributed by atoms with Gasteiger partial charge in [0.1, 0.15) is 0 Å². The number of nitrogens with two attached hydrogens (primary N) is 1. The van der Waals surface area contributed by atoms with Crippen LogP contribution < -0.4 is 5.73 Å². The summed E-state index contributed by atoms with van der Waals surface area (Å²) in [6.45, 7) is 6.36. The Hall–Kier alpha value is -0.860. The molecule has 0 amide bonds. The molecule has 1 aromatic carbocycles. The topological polar surface area (TPSA) is 29.3 Å². The summed E-state index contributed by atoms with van der Waals surface area (Å²) < 4.78 is 0. The monoisotopic (exact) mass is 260 g/mol. The van der Waals surface area contributed by atoms with Gasteiger partial charge in [0.25, 0.3) is 0 Å². The molecule has 19 heavy (non-hydrogen) atoms. The van der Waals surface area contributed by atoms with E-state index in [4.69, 9.17) is 5.73 Å². The molecule has 0 heterocycles. The van der Waals surface area contributed by atoms with Gasteiger partial charge >= 0.3 is 0 Å². The largest absolute Gasteiger partial charge is 0.329 e. The number of benzene rings is 1. The molecular weight excluding hydrogens is 232 g/mol. The van der Waals surface area contributed by atoms with Gasteiger partial charge in [-0.25, -0.2) is 0 Å². The molecule has 2 nitrogen and oxygen atoms in total. The molecule has 0 saturated heterocycles. The highest BCUT2D eigenvalue weighted by Gasteiger charge is 2.23. The van der Waals surface area contributed by atoms with Crippen LogP contribution in [-0.4, -0.2) is 25.0 Å². The van der Waals surface area contributed by atoms with E-state index >= 15 is 0 Å². The average molecular weight is 260 g/mol. The molecule has 0 spiro atoms. The van der Waals surface area contributed by atoms with Crippen molar-refractivity contribution in [2.24, 2.45) is 11.7 Å². The molecule has 1 atom stereocenters. The Kier molecular flexibility index (Phi) is 5.00. The Morgan fingerprint density at radius 2 is 1.74 bits per heavy atom. The molecule has 106 valence electrons. The first-order chi connectivity index (χ1) is 9.11. The van der Waals surface area contributed by atoms with Crippen LogP contribution in [-0.2, 0) is 0 Å². The van der Waals surface area contributed by atoms with Crippen LogP contribution in [0.4, 0.5) is 0 Å². The molecule has 1 saturated carbocycles. The number of rotatable bonds is 6. The second-order valence-corrected chi connectivity index (χ2v) is 6.31. The predicted molar refractivity (Wildman–Crippen MR) is 82.3 cm³/mol. The van der Waals surface area contributed by atoms with Crippen LogP contribution in [0.2, 0.25) is 0 Å². The van der Waals surface area contributed by atoms with Crippen molar-refractivity contribution in [3.63, 3.8) is 0 Å². The van der Waals surface area contributed by atoms with Gasteiger partial charge in [0.05, 0.1) is 0 Å². The van der Waals surface area contributed by atoms with Gasteiger partial charge in [0.2, 0.25) is 0 Å². The van der Waals surface area contributed by atoms with Gasteiger partial charge in [-0.15, -0.1) is 0 Å². The third-order valence-electron chi connectivity index (χ3n) is 4.51. The van der Waals surface area contributed by atoms with E-state index in [9.17, 15) is 0 Å². The van der Waals surface area contributed by atoms with Gasteiger partial charge in [0.15, 0.2) is 0 Å². The Bertz CT molecular complexity index is 379. The quantitative estimate of drug-likeness (QED) is 0.847. The molecular formula is C17H28N2. The van der Waals surface area contributed by atoms with Crippen LogP contribution in [0.15, 0.2) is 24.3 Å². The van der Waals surface area contributed by atoms with Crippen molar-refractivity contribution in [1.29, 1.82) is 0 Å². The fourth-order valence-corrected chi connectivity index (χ4v) is 2.88. The van der Waals surface area contributed by atoms with Crippen LogP contribution in [0.1, 0.15) is 56.2 Å². The molecule has 2 heteroatoms. The molecule has 0 radical (unpaired) electrons. The van der Waals surface area contributed by atoms with E-state index in [1.807, 2.05) is 0 Å². The zero-order chi connectivity index (χ0) is 13.8. The number of likely N-dealkylation sites (N-methyl/N-ethyl adjacent to an activating group) is 1. The summed E-state index contributed by atoms with van der Waals surface area (Å²) in [7, 11) is 2.21. The van der Waals surface area contributed by atoms with Crippen molar-refractivity contribution >= 4 is 0 Å². The standard InChI is InChI=1S/C17H28N2/c1-13(2)15-7-9-16(10-8-15)17(11-18)19(3)12-14-5-4-6-14/h7-10,13-14,17H,4-6,11-12,18H2,1-3H3. The second-order valence-electron chi connectivity index (χ2n) is 6.31. The minimum atomic E-state index is 0.363. The summed E-state index contributed by atoms with van der Waals surface area (Å²) in [5.41, 5.74) is 8.76. The van der Waals surface area contributed by atoms with Crippen LogP contribution in [0.3, 0.4) is 0 Å². The first-order valence-corrected chi connectivity index (χ1v) is 7.62. The summed E-state index contributed by atoms with van der Waals surface area (Å²) in [5, 5.41) is 0. The lowest BCUT2D eigenvalue weighted by Gasteiger charge is -2.34. The Labute approximate surface area is 118 Å². The summed E-state index contributed by atoms with van der Waals surface area (Å²) in [6, 6.07) is 9.37. The third kappa shape index (κ3) is 3.58. The van der Waals surface area contributed by atoms with Gasteiger partial charge in [-0.05, 0) is 42.9 Å². The van der Waals surface area contributed by atoms with Crippen LogP contribution in [0, 0.1) is 5.92 Å². The minimum absolute atomic E-state index is 0.363. The molecule has 2 rings (SSSR count). The molecule has 0 bridgehead atoms. The second kappa shape index (κ2) is 6.53. The first-order valence-electron chi connectivity index (χ1n) is 7.62. The lowest BCUT2D eigenvalue weighted by atomic mass is 9.84. The Morgan fingerprint density at radius 1 is 1.16 bits per heavy atom. The third-order valence-corrected chi connectivity index (χ3v) is 4.51. The van der Waals surface area contributed by atoms with E-state index < -0.39 is 0 Å². The van der Waals surface area contributed by atoms with E-state index in [1.165, 1.54) is 36.9 Å². The summed E-state index contributed by atoms with van der Waals surface area (Å²) >= 11 is 0.